The van der Waals surface area contributed by atoms with E-state index >= 15 is 0 Å². The highest BCUT2D eigenvalue weighted by Crippen LogP contribution is 2.35. The molecule has 5 heteroatoms. The lowest BCUT2D eigenvalue weighted by molar-refractivity contribution is 0.171. The molecule has 2 aromatic rings. The van der Waals surface area contributed by atoms with Crippen LogP contribution in [-0.2, 0) is 0 Å². The molecule has 1 atom stereocenters. The highest BCUT2D eigenvalue weighted by molar-refractivity contribution is 7.09. The number of ether oxygens (including phenoxy) is 2. The van der Waals surface area contributed by atoms with Crippen LogP contribution in [0, 0.1) is 6.92 Å². The number of fused-ring (bicyclic) bond motifs is 1. The molecule has 3 rings (SSSR count). The fraction of sp³-hybridized carbons (Fsp3) is 0.400. The summed E-state index contributed by atoms with van der Waals surface area (Å²) in [6.45, 7) is 6.30. The van der Waals surface area contributed by atoms with Crippen molar-refractivity contribution in [3.63, 3.8) is 0 Å². The van der Waals surface area contributed by atoms with Gasteiger partial charge in [0.1, 0.15) is 13.2 Å². The Balaban J connectivity index is 1.97. The monoisotopic (exact) mass is 290 g/mol. The van der Waals surface area contributed by atoms with Gasteiger partial charge in [0.15, 0.2) is 11.5 Å². The van der Waals surface area contributed by atoms with Crippen molar-refractivity contribution >= 4 is 11.3 Å². The van der Waals surface area contributed by atoms with Gasteiger partial charge in [-0.1, -0.05) is 13.0 Å². The van der Waals surface area contributed by atoms with Gasteiger partial charge in [-0.2, -0.15) is 0 Å². The highest BCUT2D eigenvalue weighted by Gasteiger charge is 2.20. The molecule has 0 bridgehead atoms. The third kappa shape index (κ3) is 2.51. The summed E-state index contributed by atoms with van der Waals surface area (Å²) in [6, 6.07) is 6.31. The predicted octanol–water partition coefficient (Wildman–Crippen LogP) is 2.92. The maximum absolute atomic E-state index is 5.67. The van der Waals surface area contributed by atoms with Crippen molar-refractivity contribution in [2.24, 2.45) is 0 Å². The normalized spacial score (nSPS) is 15.1. The minimum absolute atomic E-state index is 0.156. The molecule has 0 amide bonds. The molecule has 1 unspecified atom stereocenters. The van der Waals surface area contributed by atoms with Crippen molar-refractivity contribution in [2.45, 2.75) is 19.9 Å². The van der Waals surface area contributed by atoms with Crippen LogP contribution in [0.3, 0.4) is 0 Å². The molecule has 1 aliphatic heterocycles. The van der Waals surface area contributed by atoms with E-state index in [0.29, 0.717) is 13.2 Å². The molecule has 0 saturated heterocycles. The van der Waals surface area contributed by atoms with Gasteiger partial charge >= 0.3 is 0 Å². The third-order valence-corrected chi connectivity index (χ3v) is 4.35. The molecular formula is C15H18N2O2S. The van der Waals surface area contributed by atoms with Crippen LogP contribution in [0.1, 0.15) is 29.1 Å². The van der Waals surface area contributed by atoms with Crippen LogP contribution in [0.5, 0.6) is 11.5 Å². The van der Waals surface area contributed by atoms with Crippen LogP contribution >= 0.6 is 11.3 Å². The zero-order valence-electron chi connectivity index (χ0n) is 11.7. The summed E-state index contributed by atoms with van der Waals surface area (Å²) in [7, 11) is 0. The molecule has 1 aliphatic rings. The summed E-state index contributed by atoms with van der Waals surface area (Å²) in [5.74, 6) is 1.66. The van der Waals surface area contributed by atoms with Crippen LogP contribution in [0.4, 0.5) is 0 Å². The van der Waals surface area contributed by atoms with Gasteiger partial charge in [0, 0.05) is 4.88 Å². The zero-order chi connectivity index (χ0) is 13.9. The lowest BCUT2D eigenvalue weighted by Crippen LogP contribution is -2.22. The maximum atomic E-state index is 5.67. The molecule has 0 spiro atoms. The number of aromatic nitrogens is 1. The Bertz CT molecular complexity index is 597. The quantitative estimate of drug-likeness (QED) is 0.940. The topological polar surface area (TPSA) is 43.4 Å². The first kappa shape index (κ1) is 13.4. The van der Waals surface area contributed by atoms with Crippen LogP contribution in [0.15, 0.2) is 23.7 Å². The van der Waals surface area contributed by atoms with Crippen molar-refractivity contribution < 1.29 is 9.47 Å². The van der Waals surface area contributed by atoms with E-state index < -0.39 is 0 Å². The van der Waals surface area contributed by atoms with E-state index in [2.05, 4.69) is 29.4 Å². The Labute approximate surface area is 122 Å². The average molecular weight is 290 g/mol. The van der Waals surface area contributed by atoms with Crippen LogP contribution in [-0.4, -0.2) is 24.7 Å². The Morgan fingerprint density at radius 3 is 2.80 bits per heavy atom. The lowest BCUT2D eigenvalue weighted by Gasteiger charge is -2.22. The lowest BCUT2D eigenvalue weighted by atomic mass is 10.0. The number of thiazole rings is 1. The van der Waals surface area contributed by atoms with Gasteiger partial charge in [0.2, 0.25) is 0 Å². The summed E-state index contributed by atoms with van der Waals surface area (Å²) < 4.78 is 11.3. The molecule has 1 aromatic carbocycles. The largest absolute Gasteiger partial charge is 0.486 e. The second kappa shape index (κ2) is 5.81. The Morgan fingerprint density at radius 2 is 2.10 bits per heavy atom. The van der Waals surface area contributed by atoms with Gasteiger partial charge in [-0.3, -0.25) is 0 Å². The first-order valence-corrected chi connectivity index (χ1v) is 7.70. The summed E-state index contributed by atoms with van der Waals surface area (Å²) in [5, 5.41) is 3.52. The smallest absolute Gasteiger partial charge is 0.161 e. The van der Waals surface area contributed by atoms with Crippen molar-refractivity contribution in [3.8, 4) is 11.5 Å². The fourth-order valence-electron chi connectivity index (χ4n) is 2.39. The minimum Gasteiger partial charge on any atom is -0.486 e. The number of hydrogen-bond donors (Lipinski definition) is 1. The molecule has 106 valence electrons. The number of hydrogen-bond acceptors (Lipinski definition) is 5. The molecule has 1 aromatic heterocycles. The number of rotatable bonds is 4. The van der Waals surface area contributed by atoms with Gasteiger partial charge in [-0.15, -0.1) is 11.3 Å². The van der Waals surface area contributed by atoms with Gasteiger partial charge in [0.25, 0.3) is 0 Å². The molecule has 0 saturated carbocycles. The number of nitrogens with zero attached hydrogens (tertiary/aromatic N) is 1. The molecule has 0 aliphatic carbocycles. The Kier molecular flexibility index (Phi) is 3.89. The van der Waals surface area contributed by atoms with E-state index in [-0.39, 0.29) is 6.04 Å². The van der Waals surface area contributed by atoms with E-state index in [1.807, 2.05) is 18.5 Å². The third-order valence-electron chi connectivity index (χ3n) is 3.35. The van der Waals surface area contributed by atoms with Crippen LogP contribution < -0.4 is 14.8 Å². The first-order chi connectivity index (χ1) is 9.79. The van der Waals surface area contributed by atoms with E-state index in [4.69, 9.17) is 9.47 Å². The van der Waals surface area contributed by atoms with Crippen LogP contribution in [0.2, 0.25) is 0 Å². The van der Waals surface area contributed by atoms with E-state index in [9.17, 15) is 0 Å². The number of aryl methyl sites for hydroxylation is 1. The van der Waals surface area contributed by atoms with Crippen molar-refractivity contribution in [2.75, 3.05) is 19.8 Å². The van der Waals surface area contributed by atoms with Crippen molar-refractivity contribution in [3.05, 3.63) is 39.8 Å². The molecular weight excluding hydrogens is 272 g/mol. The van der Waals surface area contributed by atoms with E-state index in [0.717, 1.165) is 23.7 Å². The van der Waals surface area contributed by atoms with Crippen molar-refractivity contribution in [1.29, 1.82) is 0 Å². The summed E-state index contributed by atoms with van der Waals surface area (Å²) in [6.07, 6.45) is 0. The summed E-state index contributed by atoms with van der Waals surface area (Å²) >= 11 is 1.68. The highest BCUT2D eigenvalue weighted by atomic mass is 32.1. The van der Waals surface area contributed by atoms with Gasteiger partial charge in [0.05, 0.1) is 17.2 Å². The molecule has 0 fully saturated rings. The minimum atomic E-state index is 0.156. The second-order valence-corrected chi connectivity index (χ2v) is 5.58. The molecule has 1 N–H and O–H groups in total. The number of benzene rings is 1. The van der Waals surface area contributed by atoms with Crippen LogP contribution in [0.25, 0.3) is 0 Å². The maximum Gasteiger partial charge on any atom is 0.161 e. The molecule has 0 radical (unpaired) electrons. The number of nitrogens with one attached hydrogen (secondary N) is 1. The Morgan fingerprint density at radius 1 is 1.30 bits per heavy atom. The fourth-order valence-corrected chi connectivity index (χ4v) is 3.30. The van der Waals surface area contributed by atoms with Crippen molar-refractivity contribution in [1.82, 2.24) is 10.3 Å². The van der Waals surface area contributed by atoms with Gasteiger partial charge in [-0.25, -0.2) is 4.98 Å². The van der Waals surface area contributed by atoms with E-state index in [1.165, 1.54) is 10.4 Å². The average Bonchev–Trinajstić information content (AvgIpc) is 2.90. The molecule has 20 heavy (non-hydrogen) atoms. The molecule has 2 heterocycles. The summed E-state index contributed by atoms with van der Waals surface area (Å²) in [4.78, 5) is 5.61. The second-order valence-electron chi connectivity index (χ2n) is 4.70. The summed E-state index contributed by atoms with van der Waals surface area (Å²) in [5.41, 5.74) is 4.16. The zero-order valence-corrected chi connectivity index (χ0v) is 12.5. The van der Waals surface area contributed by atoms with Gasteiger partial charge < -0.3 is 14.8 Å². The Hall–Kier alpha value is -1.59. The van der Waals surface area contributed by atoms with E-state index in [1.54, 1.807) is 11.3 Å². The van der Waals surface area contributed by atoms with Gasteiger partial charge in [-0.05, 0) is 31.2 Å². The first-order valence-electron chi connectivity index (χ1n) is 6.82. The SMILES string of the molecule is CCNC(c1ccc2c(c1)OCCO2)c1scnc1C. The predicted molar refractivity (Wildman–Crippen MR) is 79.8 cm³/mol. The standard InChI is InChI=1S/C15H18N2O2S/c1-3-16-14(15-10(2)17-9-20-15)11-4-5-12-13(8-11)19-7-6-18-12/h4-5,8-9,14,16H,3,6-7H2,1-2H3. The molecule has 4 nitrogen and oxygen atoms in total.